The zero-order valence-corrected chi connectivity index (χ0v) is 13.5. The normalized spacial score (nSPS) is 11.3. The SMILES string of the molecule is CC(C)(C)OC(=O)NCc1ccc(-c2noc(CCl)n2)cc1. The molecule has 1 aromatic carbocycles. The monoisotopic (exact) mass is 323 g/mol. The fourth-order valence-corrected chi connectivity index (χ4v) is 1.80. The summed E-state index contributed by atoms with van der Waals surface area (Å²) in [6, 6.07) is 7.47. The van der Waals surface area contributed by atoms with Crippen molar-refractivity contribution in [3.63, 3.8) is 0 Å². The summed E-state index contributed by atoms with van der Waals surface area (Å²) in [5.41, 5.74) is 1.25. The van der Waals surface area contributed by atoms with Crippen molar-refractivity contribution in [1.29, 1.82) is 0 Å². The maximum Gasteiger partial charge on any atom is 0.407 e. The summed E-state index contributed by atoms with van der Waals surface area (Å²) in [7, 11) is 0. The first-order valence-electron chi connectivity index (χ1n) is 6.82. The Morgan fingerprint density at radius 2 is 2.00 bits per heavy atom. The molecule has 0 atom stereocenters. The number of carbonyl (C=O) groups is 1. The summed E-state index contributed by atoms with van der Waals surface area (Å²) in [6.07, 6.45) is -0.443. The van der Waals surface area contributed by atoms with Gasteiger partial charge in [-0.25, -0.2) is 4.79 Å². The standard InChI is InChI=1S/C15H18ClN3O3/c1-15(2,3)21-14(20)17-9-10-4-6-11(7-5-10)13-18-12(8-16)22-19-13/h4-7H,8-9H2,1-3H3,(H,17,20). The Bertz CT molecular complexity index is 632. The average molecular weight is 324 g/mol. The van der Waals surface area contributed by atoms with E-state index in [0.717, 1.165) is 11.1 Å². The van der Waals surface area contributed by atoms with Gasteiger partial charge in [-0.3, -0.25) is 0 Å². The second kappa shape index (κ2) is 6.79. The first-order chi connectivity index (χ1) is 10.4. The molecule has 7 heteroatoms. The molecule has 1 aromatic heterocycles. The molecular formula is C15H18ClN3O3. The van der Waals surface area contributed by atoms with Crippen LogP contribution in [0, 0.1) is 0 Å². The third-order valence-corrected chi connectivity index (χ3v) is 2.86. The van der Waals surface area contributed by atoms with Crippen LogP contribution < -0.4 is 5.32 Å². The number of hydrogen-bond donors (Lipinski definition) is 1. The molecule has 0 aliphatic heterocycles. The van der Waals surface area contributed by atoms with Gasteiger partial charge in [0.2, 0.25) is 11.7 Å². The fourth-order valence-electron chi connectivity index (χ4n) is 1.69. The third kappa shape index (κ3) is 4.73. The summed E-state index contributed by atoms with van der Waals surface area (Å²) in [5, 5.41) is 6.54. The van der Waals surface area contributed by atoms with Crippen molar-refractivity contribution < 1.29 is 14.1 Å². The Morgan fingerprint density at radius 3 is 2.55 bits per heavy atom. The lowest BCUT2D eigenvalue weighted by molar-refractivity contribution is 0.0523. The number of aromatic nitrogens is 2. The molecule has 0 saturated carbocycles. The van der Waals surface area contributed by atoms with Crippen LogP contribution in [0.15, 0.2) is 28.8 Å². The number of nitrogens with one attached hydrogen (secondary N) is 1. The van der Waals surface area contributed by atoms with Gasteiger partial charge in [0.15, 0.2) is 0 Å². The molecule has 0 unspecified atom stereocenters. The minimum Gasteiger partial charge on any atom is -0.444 e. The summed E-state index contributed by atoms with van der Waals surface area (Å²) < 4.78 is 10.1. The van der Waals surface area contributed by atoms with Gasteiger partial charge in [0, 0.05) is 12.1 Å². The molecule has 2 aromatic rings. The van der Waals surface area contributed by atoms with Crippen LogP contribution in [-0.4, -0.2) is 21.8 Å². The number of benzene rings is 1. The highest BCUT2D eigenvalue weighted by molar-refractivity contribution is 6.16. The molecule has 0 fully saturated rings. The minimum atomic E-state index is -0.507. The van der Waals surface area contributed by atoms with Crippen molar-refractivity contribution in [1.82, 2.24) is 15.5 Å². The first-order valence-corrected chi connectivity index (χ1v) is 7.35. The lowest BCUT2D eigenvalue weighted by Crippen LogP contribution is -2.32. The van der Waals surface area contributed by atoms with Crippen molar-refractivity contribution >= 4 is 17.7 Å². The molecule has 1 heterocycles. The number of alkyl carbamates (subject to hydrolysis) is 1. The molecule has 2 rings (SSSR count). The molecule has 118 valence electrons. The third-order valence-electron chi connectivity index (χ3n) is 2.63. The highest BCUT2D eigenvalue weighted by Gasteiger charge is 2.15. The zero-order valence-electron chi connectivity index (χ0n) is 12.7. The minimum absolute atomic E-state index is 0.185. The summed E-state index contributed by atoms with van der Waals surface area (Å²) in [5.74, 6) is 1.06. The van der Waals surface area contributed by atoms with Gasteiger partial charge in [0.25, 0.3) is 0 Å². The van der Waals surface area contributed by atoms with E-state index in [0.29, 0.717) is 18.3 Å². The van der Waals surface area contributed by atoms with Crippen LogP contribution in [0.3, 0.4) is 0 Å². The summed E-state index contributed by atoms with van der Waals surface area (Å²) >= 11 is 5.62. The number of carbonyl (C=O) groups excluding carboxylic acids is 1. The average Bonchev–Trinajstić information content (AvgIpc) is 2.93. The van der Waals surface area contributed by atoms with Gasteiger partial charge in [0.1, 0.15) is 11.5 Å². The fraction of sp³-hybridized carbons (Fsp3) is 0.400. The Morgan fingerprint density at radius 1 is 1.32 bits per heavy atom. The van der Waals surface area contributed by atoms with Gasteiger partial charge in [-0.1, -0.05) is 29.4 Å². The molecule has 0 aliphatic carbocycles. The lowest BCUT2D eigenvalue weighted by Gasteiger charge is -2.19. The van der Waals surface area contributed by atoms with Crippen molar-refractivity contribution in [3.8, 4) is 11.4 Å². The highest BCUT2D eigenvalue weighted by atomic mass is 35.5. The Hall–Kier alpha value is -2.08. The predicted octanol–water partition coefficient (Wildman–Crippen LogP) is 3.50. The van der Waals surface area contributed by atoms with E-state index in [1.807, 2.05) is 45.0 Å². The van der Waals surface area contributed by atoms with Gasteiger partial charge >= 0.3 is 6.09 Å². The van der Waals surface area contributed by atoms with Gasteiger partial charge in [0.05, 0.1) is 0 Å². The molecule has 22 heavy (non-hydrogen) atoms. The predicted molar refractivity (Wildman–Crippen MR) is 82.4 cm³/mol. The van der Waals surface area contributed by atoms with E-state index in [2.05, 4.69) is 15.5 Å². The topological polar surface area (TPSA) is 77.2 Å². The van der Waals surface area contributed by atoms with Crippen LogP contribution in [0.4, 0.5) is 4.79 Å². The smallest absolute Gasteiger partial charge is 0.407 e. The van der Waals surface area contributed by atoms with Gasteiger partial charge in [-0.05, 0) is 26.3 Å². The van der Waals surface area contributed by atoms with Gasteiger partial charge in [-0.15, -0.1) is 11.6 Å². The van der Waals surface area contributed by atoms with Crippen molar-refractivity contribution in [3.05, 3.63) is 35.7 Å². The van der Waals surface area contributed by atoms with Crippen LogP contribution in [0.25, 0.3) is 11.4 Å². The highest BCUT2D eigenvalue weighted by Crippen LogP contribution is 2.17. The summed E-state index contributed by atoms with van der Waals surface area (Å²) in [4.78, 5) is 15.7. The summed E-state index contributed by atoms with van der Waals surface area (Å²) in [6.45, 7) is 5.85. The van der Waals surface area contributed by atoms with Crippen LogP contribution in [-0.2, 0) is 17.2 Å². The van der Waals surface area contributed by atoms with E-state index in [4.69, 9.17) is 20.9 Å². The number of halogens is 1. The number of nitrogens with zero attached hydrogens (tertiary/aromatic N) is 2. The van der Waals surface area contributed by atoms with Crippen LogP contribution in [0.5, 0.6) is 0 Å². The van der Waals surface area contributed by atoms with E-state index in [1.165, 1.54) is 0 Å². The van der Waals surface area contributed by atoms with E-state index in [9.17, 15) is 4.79 Å². The van der Waals surface area contributed by atoms with Gasteiger partial charge in [-0.2, -0.15) is 4.98 Å². The molecule has 1 amide bonds. The maximum absolute atomic E-state index is 11.6. The Labute approximate surface area is 133 Å². The second-order valence-electron chi connectivity index (χ2n) is 5.70. The van der Waals surface area contributed by atoms with E-state index < -0.39 is 11.7 Å². The van der Waals surface area contributed by atoms with Crippen molar-refractivity contribution in [2.45, 2.75) is 38.8 Å². The van der Waals surface area contributed by atoms with Crippen molar-refractivity contribution in [2.75, 3.05) is 0 Å². The van der Waals surface area contributed by atoms with Crippen LogP contribution in [0.1, 0.15) is 32.2 Å². The maximum atomic E-state index is 11.6. The van der Waals surface area contributed by atoms with E-state index in [1.54, 1.807) is 0 Å². The number of hydrogen-bond acceptors (Lipinski definition) is 5. The molecule has 0 radical (unpaired) electrons. The molecule has 6 nitrogen and oxygen atoms in total. The largest absolute Gasteiger partial charge is 0.444 e. The quantitative estimate of drug-likeness (QED) is 0.871. The number of ether oxygens (including phenoxy) is 1. The Balaban J connectivity index is 1.93. The van der Waals surface area contributed by atoms with Crippen LogP contribution in [0.2, 0.25) is 0 Å². The Kier molecular flexibility index (Phi) is 5.03. The second-order valence-corrected chi connectivity index (χ2v) is 5.96. The number of rotatable bonds is 4. The molecule has 0 saturated heterocycles. The van der Waals surface area contributed by atoms with Crippen molar-refractivity contribution in [2.24, 2.45) is 0 Å². The van der Waals surface area contributed by atoms with E-state index in [-0.39, 0.29) is 5.88 Å². The molecule has 0 bridgehead atoms. The van der Waals surface area contributed by atoms with Crippen LogP contribution >= 0.6 is 11.6 Å². The molecular weight excluding hydrogens is 306 g/mol. The molecule has 1 N–H and O–H groups in total. The number of alkyl halides is 1. The van der Waals surface area contributed by atoms with Gasteiger partial charge < -0.3 is 14.6 Å². The number of amides is 1. The van der Waals surface area contributed by atoms with E-state index >= 15 is 0 Å². The lowest BCUT2D eigenvalue weighted by atomic mass is 10.1. The zero-order chi connectivity index (χ0) is 16.2. The molecule has 0 aliphatic rings. The molecule has 0 spiro atoms. The first kappa shape index (κ1) is 16.3.